The molecule has 0 aliphatic rings. The van der Waals surface area contributed by atoms with Crippen molar-refractivity contribution < 1.29 is 9.84 Å². The molecular formula is C19H23N3O2S. The molecule has 5 nitrogen and oxygen atoms in total. The summed E-state index contributed by atoms with van der Waals surface area (Å²) in [4.78, 5) is 10.8. The quantitative estimate of drug-likeness (QED) is 0.642. The summed E-state index contributed by atoms with van der Waals surface area (Å²) in [6, 6.07) is 12.3. The Morgan fingerprint density at radius 3 is 2.72 bits per heavy atom. The van der Waals surface area contributed by atoms with Crippen molar-refractivity contribution in [2.75, 3.05) is 25.1 Å². The highest BCUT2D eigenvalue weighted by molar-refractivity contribution is 7.21. The van der Waals surface area contributed by atoms with Crippen LogP contribution >= 0.6 is 11.3 Å². The maximum absolute atomic E-state index is 10.1. The molecule has 25 heavy (non-hydrogen) atoms. The molecule has 0 bridgehead atoms. The van der Waals surface area contributed by atoms with Crippen LogP contribution in [0.2, 0.25) is 0 Å². The Kier molecular flexibility index (Phi) is 5.96. The number of thiophene rings is 1. The standard InChI is InChI=1S/C19H23N3O2S/c1-13(2)10-24-11-15(23)9-20-18-16-8-17(14-6-4-3-5-7-14)25-19(16)22-12-21-18/h3-8,12-13,15,23H,9-11H2,1-2H3,(H,20,21,22). The number of benzene rings is 1. The molecule has 0 fully saturated rings. The SMILES string of the molecule is CC(C)COCC(O)CNc1ncnc2sc(-c3ccccc3)cc12. The Bertz CT molecular complexity index is 805. The van der Waals surface area contributed by atoms with Crippen LogP contribution in [0.3, 0.4) is 0 Å². The number of hydrogen-bond donors (Lipinski definition) is 2. The van der Waals surface area contributed by atoms with Gasteiger partial charge in [-0.05, 0) is 17.5 Å². The summed E-state index contributed by atoms with van der Waals surface area (Å²) < 4.78 is 5.47. The van der Waals surface area contributed by atoms with Crippen molar-refractivity contribution in [3.63, 3.8) is 0 Å². The van der Waals surface area contributed by atoms with E-state index in [1.165, 1.54) is 5.56 Å². The summed E-state index contributed by atoms with van der Waals surface area (Å²) in [6.45, 7) is 5.53. The smallest absolute Gasteiger partial charge is 0.138 e. The molecule has 2 heterocycles. The van der Waals surface area contributed by atoms with Crippen molar-refractivity contribution in [3.8, 4) is 10.4 Å². The highest BCUT2D eigenvalue weighted by Gasteiger charge is 2.11. The Balaban J connectivity index is 1.69. The van der Waals surface area contributed by atoms with Crippen molar-refractivity contribution >= 4 is 27.4 Å². The predicted octanol–water partition coefficient (Wildman–Crippen LogP) is 3.80. The van der Waals surface area contributed by atoms with Crippen molar-refractivity contribution in [3.05, 3.63) is 42.7 Å². The van der Waals surface area contributed by atoms with Crippen LogP contribution in [-0.2, 0) is 4.74 Å². The zero-order chi connectivity index (χ0) is 17.6. The summed E-state index contributed by atoms with van der Waals surface area (Å²) in [5.41, 5.74) is 1.17. The molecule has 0 aliphatic carbocycles. The third kappa shape index (κ3) is 4.75. The van der Waals surface area contributed by atoms with Gasteiger partial charge in [-0.1, -0.05) is 44.2 Å². The monoisotopic (exact) mass is 357 g/mol. The van der Waals surface area contributed by atoms with E-state index < -0.39 is 6.10 Å². The molecule has 0 radical (unpaired) electrons. The molecular weight excluding hydrogens is 334 g/mol. The molecule has 0 spiro atoms. The van der Waals surface area contributed by atoms with Crippen LogP contribution in [0, 0.1) is 5.92 Å². The summed E-state index contributed by atoms with van der Waals surface area (Å²) in [5, 5.41) is 14.2. The van der Waals surface area contributed by atoms with Gasteiger partial charge in [0.2, 0.25) is 0 Å². The third-order valence-electron chi connectivity index (χ3n) is 3.65. The van der Waals surface area contributed by atoms with E-state index in [4.69, 9.17) is 4.74 Å². The van der Waals surface area contributed by atoms with Crippen LogP contribution in [0.15, 0.2) is 42.7 Å². The molecule has 0 amide bonds. The van der Waals surface area contributed by atoms with Crippen LogP contribution in [0.4, 0.5) is 5.82 Å². The van der Waals surface area contributed by atoms with E-state index in [1.807, 2.05) is 18.2 Å². The molecule has 0 aliphatic heterocycles. The Hall–Kier alpha value is -2.02. The molecule has 0 saturated carbocycles. The number of aliphatic hydroxyl groups is 1. The topological polar surface area (TPSA) is 67.3 Å². The summed E-state index contributed by atoms with van der Waals surface area (Å²) in [6.07, 6.45) is 0.980. The van der Waals surface area contributed by atoms with Gasteiger partial charge >= 0.3 is 0 Å². The van der Waals surface area contributed by atoms with Crippen LogP contribution in [0.1, 0.15) is 13.8 Å². The van der Waals surface area contributed by atoms with Gasteiger partial charge in [-0.3, -0.25) is 0 Å². The molecule has 1 atom stereocenters. The maximum Gasteiger partial charge on any atom is 0.138 e. The average Bonchev–Trinajstić information content (AvgIpc) is 3.05. The number of fused-ring (bicyclic) bond motifs is 1. The predicted molar refractivity (Wildman–Crippen MR) is 103 cm³/mol. The number of aliphatic hydroxyl groups excluding tert-OH is 1. The first-order valence-corrected chi connectivity index (χ1v) is 9.24. The molecule has 2 N–H and O–H groups in total. The molecule has 0 saturated heterocycles. The highest BCUT2D eigenvalue weighted by atomic mass is 32.1. The minimum atomic E-state index is -0.573. The second-order valence-electron chi connectivity index (χ2n) is 6.38. The van der Waals surface area contributed by atoms with Crippen molar-refractivity contribution in [2.24, 2.45) is 5.92 Å². The lowest BCUT2D eigenvalue weighted by Gasteiger charge is -2.14. The fourth-order valence-electron chi connectivity index (χ4n) is 2.45. The largest absolute Gasteiger partial charge is 0.389 e. The lowest BCUT2D eigenvalue weighted by molar-refractivity contribution is 0.0317. The van der Waals surface area contributed by atoms with E-state index in [2.05, 4.69) is 47.3 Å². The molecule has 6 heteroatoms. The molecule has 132 valence electrons. The van der Waals surface area contributed by atoms with Crippen molar-refractivity contribution in [1.82, 2.24) is 9.97 Å². The van der Waals surface area contributed by atoms with Gasteiger partial charge in [-0.15, -0.1) is 11.3 Å². The van der Waals surface area contributed by atoms with E-state index in [0.29, 0.717) is 25.7 Å². The number of hydrogen-bond acceptors (Lipinski definition) is 6. The van der Waals surface area contributed by atoms with Crippen LogP contribution in [-0.4, -0.2) is 40.9 Å². The van der Waals surface area contributed by atoms with Crippen molar-refractivity contribution in [2.45, 2.75) is 20.0 Å². The fraction of sp³-hybridized carbons (Fsp3) is 0.368. The molecule has 3 aromatic rings. The zero-order valence-electron chi connectivity index (χ0n) is 14.5. The maximum atomic E-state index is 10.1. The summed E-state index contributed by atoms with van der Waals surface area (Å²) in [5.74, 6) is 1.20. The number of aromatic nitrogens is 2. The number of nitrogens with one attached hydrogen (secondary N) is 1. The number of anilines is 1. The lowest BCUT2D eigenvalue weighted by atomic mass is 10.2. The fourth-order valence-corrected chi connectivity index (χ4v) is 3.46. The van der Waals surface area contributed by atoms with Crippen LogP contribution in [0.25, 0.3) is 20.7 Å². The van der Waals surface area contributed by atoms with Gasteiger partial charge in [0, 0.05) is 18.0 Å². The zero-order valence-corrected chi connectivity index (χ0v) is 15.3. The van der Waals surface area contributed by atoms with E-state index >= 15 is 0 Å². The molecule has 3 rings (SSSR count). The minimum Gasteiger partial charge on any atom is -0.389 e. The van der Waals surface area contributed by atoms with E-state index in [1.54, 1.807) is 17.7 Å². The first kappa shape index (κ1) is 17.8. The van der Waals surface area contributed by atoms with Gasteiger partial charge in [0.1, 0.15) is 17.0 Å². The Morgan fingerprint density at radius 1 is 1.16 bits per heavy atom. The van der Waals surface area contributed by atoms with Gasteiger partial charge in [0.15, 0.2) is 0 Å². The molecule has 2 aromatic heterocycles. The average molecular weight is 357 g/mol. The first-order valence-electron chi connectivity index (χ1n) is 8.43. The van der Waals surface area contributed by atoms with Gasteiger partial charge < -0.3 is 15.2 Å². The number of ether oxygens (including phenoxy) is 1. The van der Waals surface area contributed by atoms with Gasteiger partial charge in [-0.25, -0.2) is 9.97 Å². The summed E-state index contributed by atoms with van der Waals surface area (Å²) >= 11 is 1.64. The van der Waals surface area contributed by atoms with Gasteiger partial charge in [0.05, 0.1) is 18.1 Å². The lowest BCUT2D eigenvalue weighted by Crippen LogP contribution is -2.26. The van der Waals surface area contributed by atoms with E-state index in [0.717, 1.165) is 20.9 Å². The molecule has 1 aromatic carbocycles. The molecule has 1 unspecified atom stereocenters. The normalized spacial score (nSPS) is 12.6. The number of rotatable bonds is 8. The van der Waals surface area contributed by atoms with Gasteiger partial charge in [0.25, 0.3) is 0 Å². The highest BCUT2D eigenvalue weighted by Crippen LogP contribution is 2.34. The van der Waals surface area contributed by atoms with Crippen LogP contribution in [0.5, 0.6) is 0 Å². The number of nitrogens with zero attached hydrogens (tertiary/aromatic N) is 2. The summed E-state index contributed by atoms with van der Waals surface area (Å²) in [7, 11) is 0. The minimum absolute atomic E-state index is 0.318. The second-order valence-corrected chi connectivity index (χ2v) is 7.41. The van der Waals surface area contributed by atoms with Crippen LogP contribution < -0.4 is 5.32 Å². The first-order chi connectivity index (χ1) is 12.1. The Labute approximate surface area is 151 Å². The van der Waals surface area contributed by atoms with Crippen molar-refractivity contribution in [1.29, 1.82) is 0 Å². The Morgan fingerprint density at radius 2 is 1.96 bits per heavy atom. The van der Waals surface area contributed by atoms with Gasteiger partial charge in [-0.2, -0.15) is 0 Å². The second kappa shape index (κ2) is 8.38. The van der Waals surface area contributed by atoms with E-state index in [9.17, 15) is 5.11 Å². The third-order valence-corrected chi connectivity index (χ3v) is 4.75. The van der Waals surface area contributed by atoms with E-state index in [-0.39, 0.29) is 0 Å².